The first-order valence-electron chi connectivity index (χ1n) is 9.65. The van der Waals surface area contributed by atoms with E-state index in [-0.39, 0.29) is 17.4 Å². The van der Waals surface area contributed by atoms with Crippen LogP contribution in [0.4, 0.5) is 0 Å². The zero-order valence-corrected chi connectivity index (χ0v) is 21.9. The van der Waals surface area contributed by atoms with Crippen molar-refractivity contribution in [3.05, 3.63) is 68.4 Å². The van der Waals surface area contributed by atoms with Crippen molar-refractivity contribution >= 4 is 47.9 Å². The molecule has 0 spiro atoms. The Morgan fingerprint density at radius 1 is 1.16 bits per heavy atom. The van der Waals surface area contributed by atoms with Crippen molar-refractivity contribution in [2.45, 2.75) is 38.1 Å². The highest BCUT2D eigenvalue weighted by atomic mass is 79.9. The minimum Gasteiger partial charge on any atom is -0.341 e. The molecule has 1 amide bonds. The number of nitrogens with one attached hydrogen (secondary N) is 1. The van der Waals surface area contributed by atoms with Gasteiger partial charge in [0.25, 0.3) is 16.0 Å². The monoisotopic (exact) mass is 584 g/mol. The van der Waals surface area contributed by atoms with Crippen LogP contribution >= 0.6 is 31.9 Å². The van der Waals surface area contributed by atoms with Crippen LogP contribution in [0, 0.1) is 6.92 Å². The summed E-state index contributed by atoms with van der Waals surface area (Å²) in [6.45, 7) is 7.05. The first kappa shape index (κ1) is 24.6. The molecule has 8 nitrogen and oxygen atoms in total. The van der Waals surface area contributed by atoms with E-state index >= 15 is 0 Å². The summed E-state index contributed by atoms with van der Waals surface area (Å²) in [5.74, 6) is -0.290. The molecule has 0 bridgehead atoms. The predicted octanol–water partition coefficient (Wildman–Crippen LogP) is 4.49. The van der Waals surface area contributed by atoms with Gasteiger partial charge in [-0.1, -0.05) is 43.1 Å². The number of amides is 1. The van der Waals surface area contributed by atoms with Crippen LogP contribution < -0.4 is 5.32 Å². The van der Waals surface area contributed by atoms with Gasteiger partial charge in [0.05, 0.1) is 24.0 Å². The van der Waals surface area contributed by atoms with Gasteiger partial charge < -0.3 is 5.32 Å². The van der Waals surface area contributed by atoms with Crippen molar-refractivity contribution in [2.24, 2.45) is 0 Å². The van der Waals surface area contributed by atoms with Crippen LogP contribution in [0.5, 0.6) is 0 Å². The summed E-state index contributed by atoms with van der Waals surface area (Å²) in [6, 6.07) is 10.1. The Bertz CT molecular complexity index is 1250. The van der Waals surface area contributed by atoms with Crippen molar-refractivity contribution in [1.29, 1.82) is 0 Å². The fourth-order valence-electron chi connectivity index (χ4n) is 3.01. The summed E-state index contributed by atoms with van der Waals surface area (Å²) in [5, 5.41) is 11.3. The lowest BCUT2D eigenvalue weighted by atomic mass is 10.0. The van der Waals surface area contributed by atoms with Crippen LogP contribution in [0.25, 0.3) is 5.69 Å². The molecule has 1 aromatic heterocycles. The zero-order valence-electron chi connectivity index (χ0n) is 17.9. The Morgan fingerprint density at radius 2 is 1.81 bits per heavy atom. The van der Waals surface area contributed by atoms with Crippen molar-refractivity contribution in [2.75, 3.05) is 6.61 Å². The number of hydrogen-bond donors (Lipinski definition) is 1. The minimum absolute atomic E-state index is 0.0118. The average Bonchev–Trinajstić information content (AvgIpc) is 3.17. The highest BCUT2D eigenvalue weighted by molar-refractivity contribution is 9.11. The number of aryl methyl sites for hydroxylation is 1. The normalized spacial score (nSPS) is 12.1. The first-order chi connectivity index (χ1) is 14.9. The molecule has 3 rings (SSSR count). The summed E-state index contributed by atoms with van der Waals surface area (Å²) in [4.78, 5) is 12.8. The van der Waals surface area contributed by atoms with Crippen LogP contribution in [0.1, 0.15) is 42.4 Å². The van der Waals surface area contributed by atoms with Gasteiger partial charge in [0.15, 0.2) is 0 Å². The lowest BCUT2D eigenvalue weighted by Crippen LogP contribution is -2.41. The van der Waals surface area contributed by atoms with E-state index in [0.717, 1.165) is 14.5 Å². The smallest absolute Gasteiger partial charge is 0.299 e. The van der Waals surface area contributed by atoms with E-state index in [2.05, 4.69) is 47.5 Å². The lowest BCUT2D eigenvalue weighted by molar-refractivity contribution is 0.0910. The summed E-state index contributed by atoms with van der Waals surface area (Å²) in [5.41, 5.74) is 1.21. The van der Waals surface area contributed by atoms with Crippen molar-refractivity contribution in [3.63, 3.8) is 0 Å². The number of hydrogen-bond acceptors (Lipinski definition) is 6. The zero-order chi connectivity index (χ0) is 23.7. The molecule has 0 saturated heterocycles. The molecule has 0 aliphatic carbocycles. The topological polar surface area (TPSA) is 103 Å². The maximum atomic E-state index is 12.8. The van der Waals surface area contributed by atoms with E-state index in [1.807, 2.05) is 13.0 Å². The molecule has 0 radical (unpaired) electrons. The fourth-order valence-corrected chi connectivity index (χ4v) is 5.38. The second-order valence-electron chi connectivity index (χ2n) is 7.62. The van der Waals surface area contributed by atoms with Gasteiger partial charge in [-0.05, 0) is 63.6 Å². The Balaban J connectivity index is 1.94. The quantitative estimate of drug-likeness (QED) is 0.410. The first-order valence-corrected chi connectivity index (χ1v) is 12.6. The second kappa shape index (κ2) is 9.42. The van der Waals surface area contributed by atoms with Crippen LogP contribution in [0.15, 0.2) is 56.4 Å². The molecule has 2 aromatic carbocycles. The second-order valence-corrected chi connectivity index (χ2v) is 11.0. The molecular formula is C21H22Br2N4O4S. The van der Waals surface area contributed by atoms with Gasteiger partial charge in [-0.3, -0.25) is 8.98 Å². The van der Waals surface area contributed by atoms with Crippen molar-refractivity contribution in [3.8, 4) is 5.69 Å². The van der Waals surface area contributed by atoms with E-state index in [1.165, 1.54) is 10.7 Å². The summed E-state index contributed by atoms with van der Waals surface area (Å²) < 4.78 is 33.0. The molecule has 0 atom stereocenters. The van der Waals surface area contributed by atoms with E-state index in [4.69, 9.17) is 4.18 Å². The maximum Gasteiger partial charge on any atom is 0.299 e. The largest absolute Gasteiger partial charge is 0.341 e. The van der Waals surface area contributed by atoms with Crippen molar-refractivity contribution < 1.29 is 17.4 Å². The number of benzene rings is 2. The third-order valence-corrected chi connectivity index (χ3v) is 6.93. The third-order valence-electron chi connectivity index (χ3n) is 4.59. The Kier molecular flexibility index (Phi) is 7.23. The minimum atomic E-state index is -3.96. The standard InChI is InChI=1S/C21H22Br2N4O4S/c1-5-31-32(29,30)18-7-6-13(2)8-17(18)27-12-19(25-26-27)21(3,4)24-20(28)14-9-15(22)11-16(23)10-14/h6-12H,5H2,1-4H3,(H,24,28). The molecule has 0 unspecified atom stereocenters. The van der Waals surface area contributed by atoms with Gasteiger partial charge in [-0.15, -0.1) is 5.10 Å². The van der Waals surface area contributed by atoms with E-state index in [1.54, 1.807) is 51.2 Å². The average molecular weight is 586 g/mol. The molecule has 11 heteroatoms. The summed E-state index contributed by atoms with van der Waals surface area (Å²) in [6.07, 6.45) is 1.59. The summed E-state index contributed by atoms with van der Waals surface area (Å²) >= 11 is 6.76. The van der Waals surface area contributed by atoms with Crippen molar-refractivity contribution in [1.82, 2.24) is 20.3 Å². The molecule has 32 heavy (non-hydrogen) atoms. The molecule has 170 valence electrons. The van der Waals surface area contributed by atoms with Gasteiger partial charge in [0.1, 0.15) is 10.6 Å². The number of carbonyl (C=O) groups excluding carboxylic acids is 1. The Morgan fingerprint density at radius 3 is 2.44 bits per heavy atom. The van der Waals surface area contributed by atoms with Crippen LogP contribution in [0.3, 0.4) is 0 Å². The number of carbonyl (C=O) groups is 1. The SMILES string of the molecule is CCOS(=O)(=O)c1ccc(C)cc1-n1cc(C(C)(C)NC(=O)c2cc(Br)cc(Br)c2)nn1. The summed E-state index contributed by atoms with van der Waals surface area (Å²) in [7, 11) is -3.96. The van der Waals surface area contributed by atoms with E-state index < -0.39 is 15.7 Å². The molecule has 1 N–H and O–H groups in total. The molecule has 0 aliphatic rings. The van der Waals surface area contributed by atoms with E-state index in [0.29, 0.717) is 16.9 Å². The molecule has 0 aliphatic heterocycles. The van der Waals surface area contributed by atoms with Gasteiger partial charge in [-0.25, -0.2) is 4.68 Å². The van der Waals surface area contributed by atoms with Crippen LogP contribution in [-0.4, -0.2) is 35.9 Å². The highest BCUT2D eigenvalue weighted by Crippen LogP contribution is 2.26. The molecule has 1 heterocycles. The third kappa shape index (κ3) is 5.45. The van der Waals surface area contributed by atoms with Crippen LogP contribution in [0.2, 0.25) is 0 Å². The maximum absolute atomic E-state index is 12.8. The predicted molar refractivity (Wildman–Crippen MR) is 127 cm³/mol. The Hall–Kier alpha value is -2.08. The highest BCUT2D eigenvalue weighted by Gasteiger charge is 2.28. The molecular weight excluding hydrogens is 564 g/mol. The number of rotatable bonds is 7. The number of nitrogens with zero attached hydrogens (tertiary/aromatic N) is 3. The molecule has 0 saturated carbocycles. The van der Waals surface area contributed by atoms with Gasteiger partial charge in [-0.2, -0.15) is 8.42 Å². The van der Waals surface area contributed by atoms with Crippen LogP contribution in [-0.2, 0) is 19.8 Å². The Labute approximate surface area is 203 Å². The van der Waals surface area contributed by atoms with E-state index in [9.17, 15) is 13.2 Å². The molecule has 3 aromatic rings. The lowest BCUT2D eigenvalue weighted by Gasteiger charge is -2.23. The molecule has 0 fully saturated rings. The number of halogens is 2. The van der Waals surface area contributed by atoms with Gasteiger partial charge in [0.2, 0.25) is 0 Å². The number of aromatic nitrogens is 3. The fraction of sp³-hybridized carbons (Fsp3) is 0.286. The van der Waals surface area contributed by atoms with Gasteiger partial charge >= 0.3 is 0 Å². The van der Waals surface area contributed by atoms with Gasteiger partial charge in [0, 0.05) is 14.5 Å².